The molecule has 0 radical (unpaired) electrons. The van der Waals surface area contributed by atoms with Gasteiger partial charge in [-0.15, -0.1) is 10.2 Å². The van der Waals surface area contributed by atoms with E-state index in [9.17, 15) is 0 Å². The van der Waals surface area contributed by atoms with Crippen molar-refractivity contribution in [2.45, 2.75) is 0 Å². The maximum atomic E-state index is 5.59. The molecular formula is C8H14ClN4+. The van der Waals surface area contributed by atoms with E-state index >= 15 is 0 Å². The van der Waals surface area contributed by atoms with Gasteiger partial charge in [-0.3, -0.25) is 0 Å². The molecule has 0 saturated heterocycles. The van der Waals surface area contributed by atoms with E-state index in [4.69, 9.17) is 11.6 Å². The average molecular weight is 202 g/mol. The minimum atomic E-state index is 0.420. The number of anilines is 1. The van der Waals surface area contributed by atoms with Gasteiger partial charge in [0.05, 0.1) is 27.2 Å². The van der Waals surface area contributed by atoms with Gasteiger partial charge in [0, 0.05) is 0 Å². The Morgan fingerprint density at radius 1 is 1.38 bits per heavy atom. The van der Waals surface area contributed by atoms with Crippen LogP contribution in [0.4, 0.5) is 5.82 Å². The van der Waals surface area contributed by atoms with Crippen molar-refractivity contribution >= 4 is 17.4 Å². The van der Waals surface area contributed by atoms with Crippen LogP contribution < -0.4 is 10.2 Å². The fourth-order valence-corrected chi connectivity index (χ4v) is 0.952. The van der Waals surface area contributed by atoms with Crippen LogP contribution in [0.1, 0.15) is 0 Å². The molecule has 0 bridgehead atoms. The second-order valence-electron chi connectivity index (χ2n) is 3.13. The molecule has 0 aliphatic rings. The van der Waals surface area contributed by atoms with E-state index < -0.39 is 0 Å². The fourth-order valence-electron chi connectivity index (χ4n) is 0.851. The first-order valence-corrected chi connectivity index (χ1v) is 4.58. The van der Waals surface area contributed by atoms with Crippen LogP contribution in [-0.2, 0) is 0 Å². The Morgan fingerprint density at radius 2 is 2.15 bits per heavy atom. The van der Waals surface area contributed by atoms with Gasteiger partial charge in [0.1, 0.15) is 5.82 Å². The van der Waals surface area contributed by atoms with Crippen LogP contribution in [0.15, 0.2) is 12.1 Å². The number of nitrogens with one attached hydrogen (secondary N) is 2. The third kappa shape index (κ3) is 4.05. The lowest BCUT2D eigenvalue weighted by atomic mass is 10.5. The van der Waals surface area contributed by atoms with Crippen molar-refractivity contribution in [3.05, 3.63) is 17.3 Å². The van der Waals surface area contributed by atoms with Crippen LogP contribution in [0.3, 0.4) is 0 Å². The molecule has 0 fully saturated rings. The molecule has 2 N–H and O–H groups in total. The molecule has 1 aromatic heterocycles. The Morgan fingerprint density at radius 3 is 2.69 bits per heavy atom. The lowest BCUT2D eigenvalue weighted by molar-refractivity contribution is -0.856. The number of rotatable bonds is 4. The lowest BCUT2D eigenvalue weighted by Gasteiger charge is -2.07. The van der Waals surface area contributed by atoms with Crippen LogP contribution in [0.5, 0.6) is 0 Å². The predicted octanol–water partition coefficient (Wildman–Crippen LogP) is -0.314. The monoisotopic (exact) mass is 201 g/mol. The van der Waals surface area contributed by atoms with Gasteiger partial charge in [0.2, 0.25) is 0 Å². The molecule has 0 saturated carbocycles. The largest absolute Gasteiger partial charge is 0.363 e. The van der Waals surface area contributed by atoms with Crippen LogP contribution in [0.25, 0.3) is 0 Å². The number of likely N-dealkylation sites (N-methyl/N-ethyl adjacent to an activating group) is 1. The van der Waals surface area contributed by atoms with Gasteiger partial charge in [-0.05, 0) is 12.1 Å². The van der Waals surface area contributed by atoms with Gasteiger partial charge >= 0.3 is 0 Å². The quantitative estimate of drug-likeness (QED) is 0.702. The zero-order valence-electron chi connectivity index (χ0n) is 7.84. The van der Waals surface area contributed by atoms with Crippen LogP contribution >= 0.6 is 11.6 Å². The molecule has 5 heteroatoms. The third-order valence-electron chi connectivity index (χ3n) is 1.56. The number of quaternary nitrogens is 1. The molecule has 4 nitrogen and oxygen atoms in total. The van der Waals surface area contributed by atoms with Crippen molar-refractivity contribution in [2.75, 3.05) is 32.5 Å². The molecule has 1 heterocycles. The molecule has 1 aromatic rings. The summed E-state index contributed by atoms with van der Waals surface area (Å²) in [4.78, 5) is 1.40. The highest BCUT2D eigenvalue weighted by Crippen LogP contribution is 2.04. The minimum absolute atomic E-state index is 0.420. The predicted molar refractivity (Wildman–Crippen MR) is 53.2 cm³/mol. The van der Waals surface area contributed by atoms with Crippen LogP contribution in [0.2, 0.25) is 5.15 Å². The number of nitrogens with zero attached hydrogens (tertiary/aromatic N) is 2. The van der Waals surface area contributed by atoms with Crippen LogP contribution in [-0.4, -0.2) is 37.4 Å². The second-order valence-corrected chi connectivity index (χ2v) is 3.51. The van der Waals surface area contributed by atoms with E-state index in [1.54, 1.807) is 6.07 Å². The van der Waals surface area contributed by atoms with E-state index in [2.05, 4.69) is 29.6 Å². The molecule has 0 aliphatic carbocycles. The zero-order valence-corrected chi connectivity index (χ0v) is 8.60. The van der Waals surface area contributed by atoms with Crippen molar-refractivity contribution in [3.8, 4) is 0 Å². The van der Waals surface area contributed by atoms with E-state index in [1.807, 2.05) is 6.07 Å². The highest BCUT2D eigenvalue weighted by Gasteiger charge is 1.96. The van der Waals surface area contributed by atoms with Gasteiger partial charge < -0.3 is 10.2 Å². The molecule has 0 atom stereocenters. The second kappa shape index (κ2) is 4.99. The summed E-state index contributed by atoms with van der Waals surface area (Å²) < 4.78 is 0. The molecule has 0 aliphatic heterocycles. The summed E-state index contributed by atoms with van der Waals surface area (Å²) in [5.74, 6) is 0.769. The van der Waals surface area contributed by atoms with Gasteiger partial charge in [0.15, 0.2) is 5.15 Å². The van der Waals surface area contributed by atoms with Crippen molar-refractivity contribution < 1.29 is 4.90 Å². The number of hydrogen-bond acceptors (Lipinski definition) is 3. The smallest absolute Gasteiger partial charge is 0.151 e. The Labute approximate surface area is 82.9 Å². The molecular weight excluding hydrogens is 188 g/mol. The number of aromatic nitrogens is 2. The van der Waals surface area contributed by atoms with Gasteiger partial charge in [-0.1, -0.05) is 11.6 Å². The van der Waals surface area contributed by atoms with E-state index in [0.717, 1.165) is 18.9 Å². The van der Waals surface area contributed by atoms with Crippen LogP contribution in [0, 0.1) is 0 Å². The van der Waals surface area contributed by atoms with Crippen molar-refractivity contribution in [1.29, 1.82) is 0 Å². The summed E-state index contributed by atoms with van der Waals surface area (Å²) in [6, 6.07) is 3.54. The first-order chi connectivity index (χ1) is 6.18. The lowest BCUT2D eigenvalue weighted by Crippen LogP contribution is -3.06. The van der Waals surface area contributed by atoms with Gasteiger partial charge in [-0.25, -0.2) is 0 Å². The molecule has 0 aromatic carbocycles. The van der Waals surface area contributed by atoms with Gasteiger partial charge in [0.25, 0.3) is 0 Å². The first-order valence-electron chi connectivity index (χ1n) is 4.20. The topological polar surface area (TPSA) is 42.2 Å². The molecule has 0 spiro atoms. The average Bonchev–Trinajstić information content (AvgIpc) is 2.08. The molecule has 1 rings (SSSR count). The summed E-state index contributed by atoms with van der Waals surface area (Å²) in [7, 11) is 4.21. The highest BCUT2D eigenvalue weighted by atomic mass is 35.5. The molecule has 0 amide bonds. The summed E-state index contributed by atoms with van der Waals surface area (Å²) >= 11 is 5.59. The Kier molecular flexibility index (Phi) is 3.92. The van der Waals surface area contributed by atoms with Crippen molar-refractivity contribution in [3.63, 3.8) is 0 Å². The maximum Gasteiger partial charge on any atom is 0.151 e. The Balaban J connectivity index is 2.33. The summed E-state index contributed by atoms with van der Waals surface area (Å²) in [6.45, 7) is 1.93. The fraction of sp³-hybridized carbons (Fsp3) is 0.500. The highest BCUT2D eigenvalue weighted by molar-refractivity contribution is 6.29. The van der Waals surface area contributed by atoms with Gasteiger partial charge in [-0.2, -0.15) is 0 Å². The molecule has 0 unspecified atom stereocenters. The van der Waals surface area contributed by atoms with Crippen molar-refractivity contribution in [2.24, 2.45) is 0 Å². The minimum Gasteiger partial charge on any atom is -0.363 e. The number of hydrogen-bond donors (Lipinski definition) is 2. The standard InChI is InChI=1S/C8H13ClN4/c1-13(2)6-5-10-8-4-3-7(9)11-12-8/h3-4H,5-6H2,1-2H3,(H,10,12)/p+1. The summed E-state index contributed by atoms with van der Waals surface area (Å²) in [6.07, 6.45) is 0. The third-order valence-corrected chi connectivity index (χ3v) is 1.76. The first kappa shape index (κ1) is 10.2. The molecule has 13 heavy (non-hydrogen) atoms. The normalized spacial score (nSPS) is 10.5. The summed E-state index contributed by atoms with van der Waals surface area (Å²) in [5, 5.41) is 11.2. The number of halogens is 1. The Bertz CT molecular complexity index is 247. The zero-order chi connectivity index (χ0) is 9.68. The van der Waals surface area contributed by atoms with E-state index in [1.165, 1.54) is 4.90 Å². The SMILES string of the molecule is C[NH+](C)CCNc1ccc(Cl)nn1. The van der Waals surface area contributed by atoms with Crippen molar-refractivity contribution in [1.82, 2.24) is 10.2 Å². The summed E-state index contributed by atoms with van der Waals surface area (Å²) in [5.41, 5.74) is 0. The molecule has 72 valence electrons. The van der Waals surface area contributed by atoms with E-state index in [-0.39, 0.29) is 0 Å². The Hall–Kier alpha value is -0.870. The maximum absolute atomic E-state index is 5.59. The van der Waals surface area contributed by atoms with E-state index in [0.29, 0.717) is 5.15 Å².